The number of likely N-dealkylation sites (N-methyl/N-ethyl adjacent to an activating group) is 1. The number of rotatable bonds is 4. The third-order valence-corrected chi connectivity index (χ3v) is 2.64. The molecule has 16 heavy (non-hydrogen) atoms. The smallest absolute Gasteiger partial charge is 0.202 e. The zero-order valence-electron chi connectivity index (χ0n) is 9.60. The summed E-state index contributed by atoms with van der Waals surface area (Å²) in [7, 11) is 1.93. The Morgan fingerprint density at radius 2 is 2.06 bits per heavy atom. The molecule has 0 aliphatic heterocycles. The Hall–Kier alpha value is -1.61. The van der Waals surface area contributed by atoms with Crippen molar-refractivity contribution in [3.63, 3.8) is 0 Å². The Balaban J connectivity index is 2.29. The van der Waals surface area contributed by atoms with Crippen LogP contribution in [0.1, 0.15) is 22.9 Å². The minimum Gasteiger partial charge on any atom is -0.448 e. The molecule has 1 N–H and O–H groups in total. The molecule has 0 saturated carbocycles. The van der Waals surface area contributed by atoms with Crippen molar-refractivity contribution in [2.24, 2.45) is 0 Å². The van der Waals surface area contributed by atoms with Gasteiger partial charge < -0.3 is 9.73 Å². The van der Waals surface area contributed by atoms with Gasteiger partial charge in [0.2, 0.25) is 5.89 Å². The van der Waals surface area contributed by atoms with Crippen molar-refractivity contribution in [1.29, 1.82) is 0 Å². The van der Waals surface area contributed by atoms with Crippen LogP contribution < -0.4 is 5.32 Å². The van der Waals surface area contributed by atoms with Crippen LogP contribution in [0.15, 0.2) is 41.1 Å². The van der Waals surface area contributed by atoms with Gasteiger partial charge in [-0.3, -0.25) is 0 Å². The van der Waals surface area contributed by atoms with E-state index in [9.17, 15) is 0 Å². The standard InChI is InChI=1S/C13H16N2O/c1-10-3-5-11(6-4-10)12(9-14-2)13-15-7-8-16-13/h3-8,12,14H,9H2,1-2H3. The Morgan fingerprint density at radius 1 is 1.31 bits per heavy atom. The molecule has 1 atom stereocenters. The lowest BCUT2D eigenvalue weighted by Crippen LogP contribution is -2.18. The molecule has 84 valence electrons. The number of hydrogen-bond donors (Lipinski definition) is 1. The van der Waals surface area contributed by atoms with E-state index in [4.69, 9.17) is 4.42 Å². The topological polar surface area (TPSA) is 38.1 Å². The zero-order chi connectivity index (χ0) is 11.4. The number of aromatic nitrogens is 1. The van der Waals surface area contributed by atoms with Crippen LogP contribution in [-0.2, 0) is 0 Å². The molecule has 0 saturated heterocycles. The van der Waals surface area contributed by atoms with Crippen LogP contribution in [0.5, 0.6) is 0 Å². The Kier molecular flexibility index (Phi) is 3.37. The van der Waals surface area contributed by atoms with Gasteiger partial charge in [-0.05, 0) is 19.5 Å². The highest BCUT2D eigenvalue weighted by atomic mass is 16.3. The van der Waals surface area contributed by atoms with Gasteiger partial charge in [0.25, 0.3) is 0 Å². The van der Waals surface area contributed by atoms with E-state index in [0.29, 0.717) is 0 Å². The van der Waals surface area contributed by atoms with Crippen LogP contribution >= 0.6 is 0 Å². The summed E-state index contributed by atoms with van der Waals surface area (Å²) in [5, 5.41) is 3.17. The number of nitrogens with zero attached hydrogens (tertiary/aromatic N) is 1. The number of oxazole rings is 1. The highest BCUT2D eigenvalue weighted by Gasteiger charge is 2.17. The van der Waals surface area contributed by atoms with E-state index in [1.54, 1.807) is 12.5 Å². The van der Waals surface area contributed by atoms with Gasteiger partial charge in [-0.2, -0.15) is 0 Å². The molecule has 1 aromatic heterocycles. The summed E-state index contributed by atoms with van der Waals surface area (Å²) in [4.78, 5) is 4.23. The van der Waals surface area contributed by atoms with Gasteiger partial charge >= 0.3 is 0 Å². The van der Waals surface area contributed by atoms with E-state index >= 15 is 0 Å². The first-order valence-corrected chi connectivity index (χ1v) is 5.42. The van der Waals surface area contributed by atoms with Gasteiger partial charge in [0.1, 0.15) is 6.26 Å². The fourth-order valence-corrected chi connectivity index (χ4v) is 1.76. The second-order valence-electron chi connectivity index (χ2n) is 3.89. The van der Waals surface area contributed by atoms with Crippen molar-refractivity contribution in [2.75, 3.05) is 13.6 Å². The summed E-state index contributed by atoms with van der Waals surface area (Å²) in [6, 6.07) is 8.48. The van der Waals surface area contributed by atoms with Gasteiger partial charge in [-0.25, -0.2) is 4.98 Å². The second-order valence-corrected chi connectivity index (χ2v) is 3.89. The van der Waals surface area contributed by atoms with Crippen LogP contribution in [0.4, 0.5) is 0 Å². The van der Waals surface area contributed by atoms with Crippen molar-refractivity contribution < 1.29 is 4.42 Å². The summed E-state index contributed by atoms with van der Waals surface area (Å²) in [5.41, 5.74) is 2.49. The lowest BCUT2D eigenvalue weighted by atomic mass is 9.98. The highest BCUT2D eigenvalue weighted by molar-refractivity contribution is 5.28. The Bertz CT molecular complexity index is 420. The molecule has 0 amide bonds. The Labute approximate surface area is 95.5 Å². The number of benzene rings is 1. The third kappa shape index (κ3) is 2.31. The van der Waals surface area contributed by atoms with Gasteiger partial charge in [-0.15, -0.1) is 0 Å². The molecular weight excluding hydrogens is 200 g/mol. The quantitative estimate of drug-likeness (QED) is 0.852. The van der Waals surface area contributed by atoms with E-state index in [-0.39, 0.29) is 5.92 Å². The van der Waals surface area contributed by atoms with E-state index in [1.807, 2.05) is 7.05 Å². The molecular formula is C13H16N2O. The molecule has 0 fully saturated rings. The van der Waals surface area contributed by atoms with Gasteiger partial charge in [0.15, 0.2) is 0 Å². The first-order valence-electron chi connectivity index (χ1n) is 5.42. The second kappa shape index (κ2) is 4.94. The fourth-order valence-electron chi connectivity index (χ4n) is 1.76. The average molecular weight is 216 g/mol. The molecule has 3 heteroatoms. The molecule has 0 radical (unpaired) electrons. The van der Waals surface area contributed by atoms with Gasteiger partial charge in [0, 0.05) is 6.54 Å². The fraction of sp³-hybridized carbons (Fsp3) is 0.308. The minimum absolute atomic E-state index is 0.181. The molecule has 0 spiro atoms. The zero-order valence-corrected chi connectivity index (χ0v) is 9.60. The number of hydrogen-bond acceptors (Lipinski definition) is 3. The van der Waals surface area contributed by atoms with E-state index in [2.05, 4.69) is 41.5 Å². The predicted molar refractivity (Wildman–Crippen MR) is 63.5 cm³/mol. The van der Waals surface area contributed by atoms with Gasteiger partial charge in [-0.1, -0.05) is 29.8 Å². The number of nitrogens with one attached hydrogen (secondary N) is 1. The average Bonchev–Trinajstić information content (AvgIpc) is 2.81. The first kappa shape index (κ1) is 10.9. The number of aryl methyl sites for hydroxylation is 1. The molecule has 3 nitrogen and oxygen atoms in total. The third-order valence-electron chi connectivity index (χ3n) is 2.64. The van der Waals surface area contributed by atoms with Gasteiger partial charge in [0.05, 0.1) is 12.1 Å². The van der Waals surface area contributed by atoms with Crippen molar-refractivity contribution in [3.8, 4) is 0 Å². The molecule has 2 aromatic rings. The summed E-state index contributed by atoms with van der Waals surface area (Å²) in [5.74, 6) is 0.943. The first-order chi connectivity index (χ1) is 7.81. The largest absolute Gasteiger partial charge is 0.448 e. The summed E-state index contributed by atoms with van der Waals surface area (Å²) < 4.78 is 5.38. The molecule has 2 rings (SSSR count). The van der Waals surface area contributed by atoms with Crippen LogP contribution in [0, 0.1) is 6.92 Å². The van der Waals surface area contributed by atoms with E-state index in [0.717, 1.165) is 12.4 Å². The van der Waals surface area contributed by atoms with E-state index in [1.165, 1.54) is 11.1 Å². The van der Waals surface area contributed by atoms with Crippen LogP contribution in [-0.4, -0.2) is 18.6 Å². The predicted octanol–water partition coefficient (Wildman–Crippen LogP) is 2.33. The summed E-state index contributed by atoms with van der Waals surface area (Å²) >= 11 is 0. The molecule has 0 aliphatic rings. The molecule has 1 unspecified atom stereocenters. The molecule has 1 heterocycles. The van der Waals surface area contributed by atoms with Crippen LogP contribution in [0.2, 0.25) is 0 Å². The lowest BCUT2D eigenvalue weighted by Gasteiger charge is -2.13. The maximum atomic E-state index is 5.38. The normalized spacial score (nSPS) is 12.6. The monoisotopic (exact) mass is 216 g/mol. The molecule has 0 bridgehead atoms. The van der Waals surface area contributed by atoms with Crippen LogP contribution in [0.3, 0.4) is 0 Å². The SMILES string of the molecule is CNCC(c1ccc(C)cc1)c1ncco1. The maximum absolute atomic E-state index is 5.38. The summed E-state index contributed by atoms with van der Waals surface area (Å²) in [6.45, 7) is 2.91. The van der Waals surface area contributed by atoms with E-state index < -0.39 is 0 Å². The minimum atomic E-state index is 0.181. The highest BCUT2D eigenvalue weighted by Crippen LogP contribution is 2.22. The maximum Gasteiger partial charge on any atom is 0.202 e. The summed E-state index contributed by atoms with van der Waals surface area (Å²) in [6.07, 6.45) is 3.30. The van der Waals surface area contributed by atoms with Crippen molar-refractivity contribution in [3.05, 3.63) is 53.7 Å². The van der Waals surface area contributed by atoms with Crippen LogP contribution in [0.25, 0.3) is 0 Å². The molecule has 1 aromatic carbocycles. The lowest BCUT2D eigenvalue weighted by molar-refractivity contribution is 0.462. The Morgan fingerprint density at radius 3 is 2.62 bits per heavy atom. The van der Waals surface area contributed by atoms with Crippen molar-refractivity contribution in [1.82, 2.24) is 10.3 Å². The van der Waals surface area contributed by atoms with Crippen molar-refractivity contribution >= 4 is 0 Å². The molecule has 0 aliphatic carbocycles. The van der Waals surface area contributed by atoms with Crippen molar-refractivity contribution in [2.45, 2.75) is 12.8 Å².